The molecular formula is C14H18BrNO7. The smallest absolute Gasteiger partial charge is 0.311 e. The monoisotopic (exact) mass is 391 g/mol. The van der Waals surface area contributed by atoms with Crippen LogP contribution >= 0.6 is 15.9 Å². The van der Waals surface area contributed by atoms with Gasteiger partial charge in [-0.25, -0.2) is 0 Å². The van der Waals surface area contributed by atoms with E-state index in [-0.39, 0.29) is 0 Å². The van der Waals surface area contributed by atoms with Gasteiger partial charge in [-0.1, -0.05) is 37.3 Å². The zero-order valence-corrected chi connectivity index (χ0v) is 13.9. The van der Waals surface area contributed by atoms with E-state index in [9.17, 15) is 25.1 Å². The summed E-state index contributed by atoms with van der Waals surface area (Å²) < 4.78 is 4.66. The molecule has 5 unspecified atom stereocenters. The highest BCUT2D eigenvalue weighted by Crippen LogP contribution is 2.33. The zero-order chi connectivity index (χ0) is 17.6. The van der Waals surface area contributed by atoms with Crippen LogP contribution < -0.4 is 0 Å². The lowest BCUT2D eigenvalue weighted by Crippen LogP contribution is -2.38. The fourth-order valence-electron chi connectivity index (χ4n) is 2.03. The molecule has 23 heavy (non-hydrogen) atoms. The maximum absolute atomic E-state index is 12.1. The number of alkyl halides is 1. The summed E-state index contributed by atoms with van der Waals surface area (Å²) in [6.07, 6.45) is -3.55. The molecule has 0 saturated heterocycles. The van der Waals surface area contributed by atoms with E-state index < -0.39 is 46.7 Å². The number of nitrogens with zero attached hydrogens (tertiary/aromatic N) is 1. The van der Waals surface area contributed by atoms with Crippen molar-refractivity contribution in [2.45, 2.75) is 30.2 Å². The van der Waals surface area contributed by atoms with E-state index in [1.54, 1.807) is 30.3 Å². The Bertz CT molecular complexity index is 527. The van der Waals surface area contributed by atoms with E-state index in [0.717, 1.165) is 0 Å². The first-order valence-corrected chi connectivity index (χ1v) is 7.71. The molecule has 1 aromatic carbocycles. The molecule has 0 aliphatic carbocycles. The Balaban J connectivity index is 2.98. The van der Waals surface area contributed by atoms with E-state index >= 15 is 0 Å². The normalized spacial score (nSPS) is 17.6. The Morgan fingerprint density at radius 1 is 1.35 bits per heavy atom. The molecule has 1 aromatic rings. The molecule has 3 N–H and O–H groups in total. The minimum Gasteiger partial charge on any atom is -0.433 e. The maximum Gasteiger partial charge on any atom is 0.311 e. The van der Waals surface area contributed by atoms with Crippen LogP contribution in [-0.4, -0.2) is 50.2 Å². The Morgan fingerprint density at radius 3 is 2.39 bits per heavy atom. The molecule has 5 atom stereocenters. The standard InChI is InChI=1S/C14H18BrNO7/c1-8(13(19)23-14(20)10(18)7-17)11(12(15)16(21)22)9-5-3-2-4-6-9/h2-6,8,10-12,14,17-18,20H,7H2,1H3. The largest absolute Gasteiger partial charge is 0.433 e. The predicted molar refractivity (Wildman–Crippen MR) is 83.2 cm³/mol. The van der Waals surface area contributed by atoms with Crippen LogP contribution in [0.5, 0.6) is 0 Å². The molecule has 0 saturated carbocycles. The van der Waals surface area contributed by atoms with Gasteiger partial charge in [0.2, 0.25) is 6.29 Å². The molecule has 0 aromatic heterocycles. The molecule has 0 spiro atoms. The van der Waals surface area contributed by atoms with Gasteiger partial charge < -0.3 is 20.1 Å². The molecule has 0 aliphatic heterocycles. The molecule has 0 radical (unpaired) electrons. The van der Waals surface area contributed by atoms with Gasteiger partial charge in [0, 0.05) is 4.92 Å². The number of rotatable bonds is 8. The lowest BCUT2D eigenvalue weighted by atomic mass is 9.87. The second-order valence-corrected chi connectivity index (χ2v) is 5.90. The minimum absolute atomic E-state index is 0.549. The van der Waals surface area contributed by atoms with Gasteiger partial charge in [-0.15, -0.1) is 0 Å². The van der Waals surface area contributed by atoms with Crippen LogP contribution in [0, 0.1) is 16.0 Å². The number of aliphatic hydroxyl groups excluding tert-OH is 3. The maximum atomic E-state index is 12.1. The number of halogens is 1. The summed E-state index contributed by atoms with van der Waals surface area (Å²) in [4.78, 5) is 21.4. The lowest BCUT2D eigenvalue weighted by molar-refractivity contribution is -0.497. The van der Waals surface area contributed by atoms with Gasteiger partial charge in [-0.2, -0.15) is 0 Å². The number of carbonyl (C=O) groups excluding carboxylic acids is 1. The van der Waals surface area contributed by atoms with E-state index in [1.165, 1.54) is 6.92 Å². The first-order valence-electron chi connectivity index (χ1n) is 6.79. The fourth-order valence-corrected chi connectivity index (χ4v) is 2.80. The van der Waals surface area contributed by atoms with E-state index in [0.29, 0.717) is 5.56 Å². The highest BCUT2D eigenvalue weighted by molar-refractivity contribution is 9.09. The van der Waals surface area contributed by atoms with Gasteiger partial charge in [0.1, 0.15) is 6.10 Å². The van der Waals surface area contributed by atoms with Gasteiger partial charge in [0.05, 0.1) is 18.4 Å². The van der Waals surface area contributed by atoms with Crippen LogP contribution in [-0.2, 0) is 9.53 Å². The molecule has 0 aliphatic rings. The van der Waals surface area contributed by atoms with Crippen molar-refractivity contribution in [1.29, 1.82) is 0 Å². The molecule has 1 rings (SSSR count). The molecule has 128 valence electrons. The average molecular weight is 392 g/mol. The molecule has 9 heteroatoms. The second kappa shape index (κ2) is 8.92. The molecule has 0 amide bonds. The molecule has 8 nitrogen and oxygen atoms in total. The van der Waals surface area contributed by atoms with Crippen molar-refractivity contribution >= 4 is 21.9 Å². The third kappa shape index (κ3) is 5.24. The van der Waals surface area contributed by atoms with Crippen molar-refractivity contribution in [2.75, 3.05) is 6.61 Å². The third-order valence-electron chi connectivity index (χ3n) is 3.35. The van der Waals surface area contributed by atoms with Crippen LogP contribution in [0.3, 0.4) is 0 Å². The highest BCUT2D eigenvalue weighted by Gasteiger charge is 2.39. The Morgan fingerprint density at radius 2 is 1.91 bits per heavy atom. The number of carbonyl (C=O) groups is 1. The van der Waals surface area contributed by atoms with Gasteiger partial charge in [0.25, 0.3) is 4.95 Å². The number of esters is 1. The van der Waals surface area contributed by atoms with Gasteiger partial charge in [-0.05, 0) is 21.5 Å². The summed E-state index contributed by atoms with van der Waals surface area (Å²) in [5, 5.41) is 38.5. The van der Waals surface area contributed by atoms with E-state index in [4.69, 9.17) is 5.11 Å². The quantitative estimate of drug-likeness (QED) is 0.148. The van der Waals surface area contributed by atoms with Crippen LogP contribution in [0.2, 0.25) is 0 Å². The molecule has 0 fully saturated rings. The fraction of sp³-hybridized carbons (Fsp3) is 0.500. The van der Waals surface area contributed by atoms with Crippen molar-refractivity contribution in [3.63, 3.8) is 0 Å². The summed E-state index contributed by atoms with van der Waals surface area (Å²) in [7, 11) is 0. The van der Waals surface area contributed by atoms with Gasteiger partial charge >= 0.3 is 5.97 Å². The summed E-state index contributed by atoms with van der Waals surface area (Å²) >= 11 is 2.96. The summed E-state index contributed by atoms with van der Waals surface area (Å²) in [5.41, 5.74) is 0.549. The van der Waals surface area contributed by atoms with Crippen LogP contribution in [0.25, 0.3) is 0 Å². The topological polar surface area (TPSA) is 130 Å². The van der Waals surface area contributed by atoms with Crippen LogP contribution in [0.15, 0.2) is 30.3 Å². The lowest BCUT2D eigenvalue weighted by Gasteiger charge is -2.25. The number of aliphatic hydroxyl groups is 3. The summed E-state index contributed by atoms with van der Waals surface area (Å²) in [5.74, 6) is -2.75. The minimum atomic E-state index is -1.91. The Kier molecular flexibility index (Phi) is 7.56. The molecular weight excluding hydrogens is 374 g/mol. The van der Waals surface area contributed by atoms with Crippen LogP contribution in [0.4, 0.5) is 0 Å². The summed E-state index contributed by atoms with van der Waals surface area (Å²) in [6.45, 7) is 0.636. The first kappa shape index (κ1) is 19.5. The Labute approximate surface area is 141 Å². The number of hydrogen-bond acceptors (Lipinski definition) is 7. The highest BCUT2D eigenvalue weighted by atomic mass is 79.9. The van der Waals surface area contributed by atoms with Gasteiger partial charge in [-0.3, -0.25) is 14.9 Å². The van der Waals surface area contributed by atoms with Crippen molar-refractivity contribution < 1.29 is 29.8 Å². The number of nitro groups is 1. The second-order valence-electron chi connectivity index (χ2n) is 4.96. The van der Waals surface area contributed by atoms with E-state index in [1.807, 2.05) is 0 Å². The average Bonchev–Trinajstić information content (AvgIpc) is 2.54. The number of ether oxygens (including phenoxy) is 1. The molecule has 0 bridgehead atoms. The number of benzene rings is 1. The van der Waals surface area contributed by atoms with Gasteiger partial charge in [0.15, 0.2) is 0 Å². The Hall–Kier alpha value is -1.55. The first-order chi connectivity index (χ1) is 10.8. The van der Waals surface area contributed by atoms with Crippen molar-refractivity contribution in [2.24, 2.45) is 5.92 Å². The third-order valence-corrected chi connectivity index (χ3v) is 4.25. The van der Waals surface area contributed by atoms with Crippen LogP contribution in [0.1, 0.15) is 18.4 Å². The number of hydrogen-bond donors (Lipinski definition) is 3. The SMILES string of the molecule is CC(C(=O)OC(O)C(O)CO)C(c1ccccc1)C(Br)[N+](=O)[O-]. The zero-order valence-electron chi connectivity index (χ0n) is 12.3. The van der Waals surface area contributed by atoms with Crippen molar-refractivity contribution in [3.8, 4) is 0 Å². The van der Waals surface area contributed by atoms with Crippen molar-refractivity contribution in [1.82, 2.24) is 0 Å². The van der Waals surface area contributed by atoms with Crippen molar-refractivity contribution in [3.05, 3.63) is 46.0 Å². The summed E-state index contributed by atoms with van der Waals surface area (Å²) in [6, 6.07) is 8.39. The van der Waals surface area contributed by atoms with E-state index in [2.05, 4.69) is 20.7 Å². The predicted octanol–water partition coefficient (Wildman–Crippen LogP) is 0.619. The molecule has 0 heterocycles.